The minimum absolute atomic E-state index is 0.122. The number of hydrogen-bond acceptors (Lipinski definition) is 6. The molecule has 1 fully saturated rings. The molecule has 4 rings (SSSR count). The monoisotopic (exact) mass is 530 g/mol. The van der Waals surface area contributed by atoms with Crippen molar-refractivity contribution in [3.63, 3.8) is 0 Å². The number of aromatic nitrogens is 3. The van der Waals surface area contributed by atoms with Gasteiger partial charge in [0.1, 0.15) is 17.1 Å². The molecular weight excluding hydrogens is 492 g/mol. The molecule has 9 nitrogen and oxygen atoms in total. The Labute approximate surface area is 218 Å². The van der Waals surface area contributed by atoms with Crippen LogP contribution in [-0.2, 0) is 23.0 Å². The van der Waals surface area contributed by atoms with Crippen molar-refractivity contribution in [2.24, 2.45) is 5.92 Å². The van der Waals surface area contributed by atoms with Gasteiger partial charge >= 0.3 is 0 Å². The Morgan fingerprint density at radius 1 is 1.16 bits per heavy atom. The fraction of sp³-hybridized carbons (Fsp3) is 0.556. The van der Waals surface area contributed by atoms with Crippen LogP contribution in [0.4, 0.5) is 0 Å². The second-order valence-electron chi connectivity index (χ2n) is 9.67. The average Bonchev–Trinajstić information content (AvgIpc) is 3.26. The first-order valence-corrected chi connectivity index (χ1v) is 14.8. The smallest absolute Gasteiger partial charge is 0.275 e. The van der Waals surface area contributed by atoms with Crippen molar-refractivity contribution in [1.82, 2.24) is 18.8 Å². The number of H-pyrrole nitrogens is 1. The summed E-state index contributed by atoms with van der Waals surface area (Å²) in [5, 5.41) is 9.22. The van der Waals surface area contributed by atoms with Gasteiger partial charge in [-0.1, -0.05) is 20.3 Å². The molecule has 1 aromatic carbocycles. The Balaban J connectivity index is 1.79. The third-order valence-electron chi connectivity index (χ3n) is 7.07. The zero-order valence-electron chi connectivity index (χ0n) is 22.0. The number of benzene rings is 1. The number of aryl methyl sites for hydroxylation is 2. The van der Waals surface area contributed by atoms with Gasteiger partial charge < -0.3 is 19.4 Å². The third-order valence-corrected chi connectivity index (χ3v) is 8.97. The Hall–Kier alpha value is -2.69. The van der Waals surface area contributed by atoms with Gasteiger partial charge in [-0.3, -0.25) is 4.79 Å². The van der Waals surface area contributed by atoms with Crippen LogP contribution in [0.3, 0.4) is 0 Å². The van der Waals surface area contributed by atoms with Crippen molar-refractivity contribution in [2.75, 3.05) is 26.3 Å². The lowest BCUT2D eigenvalue weighted by Crippen LogP contribution is -2.38. The van der Waals surface area contributed by atoms with Crippen molar-refractivity contribution in [3.05, 3.63) is 40.3 Å². The first kappa shape index (κ1) is 27.3. The van der Waals surface area contributed by atoms with Gasteiger partial charge in [-0.2, -0.15) is 4.31 Å². The van der Waals surface area contributed by atoms with Crippen LogP contribution in [0, 0.1) is 5.92 Å². The van der Waals surface area contributed by atoms with Crippen LogP contribution in [0.15, 0.2) is 34.1 Å². The SMILES string of the molecule is CCCOc1ccc(S(=O)(=O)N2CCC(CCO)CC2)cc1-c1nc2c(CCC)cn(CC)c2c(=O)[nH]1. The Morgan fingerprint density at radius 2 is 1.92 bits per heavy atom. The van der Waals surface area contributed by atoms with E-state index in [4.69, 9.17) is 9.72 Å². The largest absolute Gasteiger partial charge is 0.493 e. The van der Waals surface area contributed by atoms with Gasteiger partial charge in [-0.25, -0.2) is 13.4 Å². The van der Waals surface area contributed by atoms with E-state index in [-0.39, 0.29) is 17.1 Å². The lowest BCUT2D eigenvalue weighted by atomic mass is 9.95. The second-order valence-corrected chi connectivity index (χ2v) is 11.6. The molecule has 0 radical (unpaired) electrons. The number of sulfonamides is 1. The predicted octanol–water partition coefficient (Wildman–Crippen LogP) is 3.94. The second kappa shape index (κ2) is 11.8. The molecule has 0 amide bonds. The topological polar surface area (TPSA) is 118 Å². The van der Waals surface area contributed by atoms with Gasteiger partial charge in [0.15, 0.2) is 0 Å². The van der Waals surface area contributed by atoms with E-state index in [0.717, 1.165) is 37.7 Å². The summed E-state index contributed by atoms with van der Waals surface area (Å²) in [5.74, 6) is 1.12. The summed E-state index contributed by atoms with van der Waals surface area (Å²) in [6, 6.07) is 4.79. The molecule has 1 aliphatic rings. The van der Waals surface area contributed by atoms with E-state index in [1.165, 1.54) is 4.31 Å². The highest BCUT2D eigenvalue weighted by atomic mass is 32.2. The minimum Gasteiger partial charge on any atom is -0.493 e. The van der Waals surface area contributed by atoms with E-state index < -0.39 is 10.0 Å². The van der Waals surface area contributed by atoms with Gasteiger partial charge in [0, 0.05) is 32.4 Å². The Morgan fingerprint density at radius 3 is 2.57 bits per heavy atom. The maximum atomic E-state index is 13.6. The molecule has 10 heteroatoms. The summed E-state index contributed by atoms with van der Waals surface area (Å²) in [5.41, 5.74) is 2.36. The third kappa shape index (κ3) is 5.61. The fourth-order valence-corrected chi connectivity index (χ4v) is 6.56. The summed E-state index contributed by atoms with van der Waals surface area (Å²) in [6.07, 6.45) is 6.62. The molecule has 1 aliphatic heterocycles. The molecule has 0 saturated carbocycles. The molecular formula is C27H38N4O5S. The maximum Gasteiger partial charge on any atom is 0.275 e. The van der Waals surface area contributed by atoms with Gasteiger partial charge in [-0.05, 0) is 68.7 Å². The van der Waals surface area contributed by atoms with Crippen molar-refractivity contribution in [3.8, 4) is 17.1 Å². The summed E-state index contributed by atoms with van der Waals surface area (Å²) >= 11 is 0. The Kier molecular flexibility index (Phi) is 8.71. The first-order valence-electron chi connectivity index (χ1n) is 13.3. The van der Waals surface area contributed by atoms with E-state index in [1.54, 1.807) is 18.2 Å². The average molecular weight is 531 g/mol. The van der Waals surface area contributed by atoms with Crippen molar-refractivity contribution in [1.29, 1.82) is 0 Å². The molecule has 202 valence electrons. The van der Waals surface area contributed by atoms with Gasteiger partial charge in [-0.15, -0.1) is 0 Å². The van der Waals surface area contributed by atoms with Gasteiger partial charge in [0.05, 0.1) is 22.6 Å². The summed E-state index contributed by atoms with van der Waals surface area (Å²) in [7, 11) is -3.75. The number of nitrogens with one attached hydrogen (secondary N) is 1. The highest BCUT2D eigenvalue weighted by molar-refractivity contribution is 7.89. The van der Waals surface area contributed by atoms with Crippen LogP contribution in [0.5, 0.6) is 5.75 Å². The zero-order chi connectivity index (χ0) is 26.6. The summed E-state index contributed by atoms with van der Waals surface area (Å²) < 4.78 is 36.5. The van der Waals surface area contributed by atoms with Crippen LogP contribution in [0.2, 0.25) is 0 Å². The molecule has 2 aromatic heterocycles. The summed E-state index contributed by atoms with van der Waals surface area (Å²) in [6.45, 7) is 8.13. The van der Waals surface area contributed by atoms with Crippen LogP contribution in [0.25, 0.3) is 22.4 Å². The number of aliphatic hydroxyl groups excluding tert-OH is 1. The molecule has 0 aliphatic carbocycles. The molecule has 1 saturated heterocycles. The number of rotatable bonds is 11. The molecule has 0 atom stereocenters. The normalized spacial score (nSPS) is 15.5. The van der Waals surface area contributed by atoms with Crippen molar-refractivity contribution < 1.29 is 18.3 Å². The van der Waals surface area contributed by atoms with E-state index in [9.17, 15) is 18.3 Å². The fourth-order valence-electron chi connectivity index (χ4n) is 5.06. The Bertz CT molecular complexity index is 1390. The lowest BCUT2D eigenvalue weighted by Gasteiger charge is -2.31. The van der Waals surface area contributed by atoms with E-state index in [1.807, 2.05) is 24.6 Å². The highest BCUT2D eigenvalue weighted by Gasteiger charge is 2.30. The number of ether oxygens (including phenoxy) is 1. The van der Waals surface area contributed by atoms with E-state index in [0.29, 0.717) is 66.8 Å². The molecule has 3 heterocycles. The summed E-state index contributed by atoms with van der Waals surface area (Å²) in [4.78, 5) is 21.1. The van der Waals surface area contributed by atoms with Crippen LogP contribution >= 0.6 is 0 Å². The lowest BCUT2D eigenvalue weighted by molar-refractivity contribution is 0.208. The molecule has 0 unspecified atom stereocenters. The number of aromatic amines is 1. The van der Waals surface area contributed by atoms with Gasteiger partial charge in [0.25, 0.3) is 5.56 Å². The molecule has 0 bridgehead atoms. The molecule has 3 aromatic rings. The molecule has 37 heavy (non-hydrogen) atoms. The van der Waals surface area contributed by atoms with E-state index in [2.05, 4.69) is 11.9 Å². The van der Waals surface area contributed by atoms with Crippen molar-refractivity contribution >= 4 is 21.1 Å². The van der Waals surface area contributed by atoms with Crippen LogP contribution in [-0.4, -0.2) is 58.7 Å². The first-order chi connectivity index (χ1) is 17.8. The van der Waals surface area contributed by atoms with Crippen molar-refractivity contribution in [2.45, 2.75) is 70.7 Å². The standard InChI is InChI=1S/C27H38N4O5S/c1-4-7-20-18-30(6-3)25-24(20)28-26(29-27(25)33)22-17-21(8-9-23(22)36-16-5-2)37(34,35)31-13-10-19(11-14-31)12-15-32/h8-9,17-19,32H,4-7,10-16H2,1-3H3,(H,28,29,33). The van der Waals surface area contributed by atoms with Crippen LogP contribution in [0.1, 0.15) is 58.4 Å². The number of aliphatic hydroxyl groups is 1. The zero-order valence-corrected chi connectivity index (χ0v) is 22.8. The van der Waals surface area contributed by atoms with Gasteiger partial charge in [0.2, 0.25) is 10.0 Å². The number of piperidine rings is 1. The number of hydrogen-bond donors (Lipinski definition) is 2. The molecule has 0 spiro atoms. The number of nitrogens with zero attached hydrogens (tertiary/aromatic N) is 3. The van der Waals surface area contributed by atoms with Crippen LogP contribution < -0.4 is 10.3 Å². The minimum atomic E-state index is -3.75. The number of fused-ring (bicyclic) bond motifs is 1. The predicted molar refractivity (Wildman–Crippen MR) is 144 cm³/mol. The maximum absolute atomic E-state index is 13.6. The van der Waals surface area contributed by atoms with E-state index >= 15 is 0 Å². The highest BCUT2D eigenvalue weighted by Crippen LogP contribution is 2.33. The quantitative estimate of drug-likeness (QED) is 0.388. The molecule has 2 N–H and O–H groups in total.